The standard InChI is InChI=1S/C27H28ClN7O2/c28-24-9-8-22(36)17-23(24)19-3-10-25-30-26(31-35(25)18-19)29-20-4-6-21(7-5-20)34-16-15-33(27(34)37)14-13-32-11-1-2-12-32/h3-10,17-18,36H,1-2,11-16H2,(H,29,31). The number of likely N-dealkylation sites (tertiary alicyclic amines) is 1. The molecule has 2 aromatic heterocycles. The van der Waals surface area contributed by atoms with Gasteiger partial charge in [0, 0.05) is 59.9 Å². The number of amides is 2. The molecule has 2 aliphatic rings. The molecule has 0 radical (unpaired) electrons. The molecule has 2 saturated heterocycles. The molecule has 0 unspecified atom stereocenters. The molecule has 0 atom stereocenters. The molecular formula is C27H28ClN7O2. The number of aromatic hydroxyl groups is 1. The van der Waals surface area contributed by atoms with E-state index < -0.39 is 0 Å². The van der Waals surface area contributed by atoms with Crippen LogP contribution in [0.3, 0.4) is 0 Å². The van der Waals surface area contributed by atoms with Gasteiger partial charge in [0.05, 0.1) is 0 Å². The first-order chi connectivity index (χ1) is 18.0. The molecule has 6 rings (SSSR count). The molecule has 0 aliphatic carbocycles. The van der Waals surface area contributed by atoms with Crippen LogP contribution in [0.25, 0.3) is 16.8 Å². The van der Waals surface area contributed by atoms with E-state index in [2.05, 4.69) is 20.3 Å². The first-order valence-corrected chi connectivity index (χ1v) is 12.9. The fraction of sp³-hybridized carbons (Fsp3) is 0.296. The number of nitrogens with zero attached hydrogens (tertiary/aromatic N) is 6. The quantitative estimate of drug-likeness (QED) is 0.365. The number of nitrogens with one attached hydrogen (secondary N) is 1. The normalized spacial score (nSPS) is 16.3. The number of halogens is 1. The van der Waals surface area contributed by atoms with Crippen molar-refractivity contribution in [1.82, 2.24) is 24.4 Å². The zero-order valence-corrected chi connectivity index (χ0v) is 21.1. The van der Waals surface area contributed by atoms with Gasteiger partial charge in [0.1, 0.15) is 5.75 Å². The van der Waals surface area contributed by atoms with Crippen LogP contribution in [0.2, 0.25) is 5.02 Å². The van der Waals surface area contributed by atoms with Crippen LogP contribution in [-0.4, -0.2) is 74.8 Å². The second kappa shape index (κ2) is 9.91. The summed E-state index contributed by atoms with van der Waals surface area (Å²) in [6.45, 7) is 5.49. The van der Waals surface area contributed by atoms with E-state index in [-0.39, 0.29) is 11.8 Å². The summed E-state index contributed by atoms with van der Waals surface area (Å²) in [6.07, 6.45) is 4.35. The summed E-state index contributed by atoms with van der Waals surface area (Å²) >= 11 is 6.32. The number of hydrogen-bond donors (Lipinski definition) is 2. The Morgan fingerprint density at radius 1 is 0.946 bits per heavy atom. The maximum Gasteiger partial charge on any atom is 0.324 e. The Balaban J connectivity index is 1.12. The fourth-order valence-electron chi connectivity index (χ4n) is 4.98. The molecule has 0 spiro atoms. The number of benzene rings is 2. The number of carbonyl (C=O) groups is 1. The molecule has 2 aliphatic heterocycles. The lowest BCUT2D eigenvalue weighted by atomic mass is 10.1. The number of pyridine rings is 1. The Hall–Kier alpha value is -3.82. The lowest BCUT2D eigenvalue weighted by molar-refractivity contribution is 0.211. The molecule has 10 heteroatoms. The SMILES string of the molecule is O=C1N(CCN2CCCC2)CCN1c1ccc(Nc2nc3ccc(-c4cc(O)ccc4Cl)cn3n2)cc1. The van der Waals surface area contributed by atoms with E-state index in [1.165, 1.54) is 12.8 Å². The maximum atomic E-state index is 12.9. The van der Waals surface area contributed by atoms with Gasteiger partial charge >= 0.3 is 6.03 Å². The molecule has 2 aromatic carbocycles. The first-order valence-electron chi connectivity index (χ1n) is 12.5. The first kappa shape index (κ1) is 23.6. The largest absolute Gasteiger partial charge is 0.508 e. The Labute approximate surface area is 219 Å². The van der Waals surface area contributed by atoms with Crippen molar-refractivity contribution in [2.75, 3.05) is 49.5 Å². The number of phenols is 1. The molecule has 2 N–H and O–H groups in total. The van der Waals surface area contributed by atoms with Crippen molar-refractivity contribution in [3.63, 3.8) is 0 Å². The summed E-state index contributed by atoms with van der Waals surface area (Å²) in [5.74, 6) is 0.603. The number of carbonyl (C=O) groups excluding carboxylic acids is 1. The van der Waals surface area contributed by atoms with Crippen LogP contribution in [0.1, 0.15) is 12.8 Å². The highest BCUT2D eigenvalue weighted by atomic mass is 35.5. The van der Waals surface area contributed by atoms with Gasteiger partial charge in [0.2, 0.25) is 5.95 Å². The van der Waals surface area contributed by atoms with E-state index in [0.29, 0.717) is 23.2 Å². The van der Waals surface area contributed by atoms with Crippen molar-refractivity contribution in [3.05, 3.63) is 65.8 Å². The minimum absolute atomic E-state index is 0.0737. The van der Waals surface area contributed by atoms with Crippen molar-refractivity contribution >= 4 is 40.6 Å². The monoisotopic (exact) mass is 517 g/mol. The number of anilines is 3. The molecule has 37 heavy (non-hydrogen) atoms. The molecular weight excluding hydrogens is 490 g/mol. The topological polar surface area (TPSA) is 89.2 Å². The van der Waals surface area contributed by atoms with Crippen LogP contribution < -0.4 is 10.2 Å². The highest BCUT2D eigenvalue weighted by Gasteiger charge is 2.29. The Morgan fingerprint density at radius 2 is 1.76 bits per heavy atom. The Kier molecular flexibility index (Phi) is 6.31. The predicted molar refractivity (Wildman–Crippen MR) is 145 cm³/mol. The maximum absolute atomic E-state index is 12.9. The van der Waals surface area contributed by atoms with Crippen LogP contribution in [-0.2, 0) is 0 Å². The molecule has 0 bridgehead atoms. The van der Waals surface area contributed by atoms with Crippen molar-refractivity contribution in [2.24, 2.45) is 0 Å². The third kappa shape index (κ3) is 4.92. The predicted octanol–water partition coefficient (Wildman–Crippen LogP) is 4.84. The fourth-order valence-corrected chi connectivity index (χ4v) is 5.21. The van der Waals surface area contributed by atoms with E-state index in [9.17, 15) is 9.90 Å². The van der Waals surface area contributed by atoms with Gasteiger partial charge < -0.3 is 20.2 Å². The third-order valence-electron chi connectivity index (χ3n) is 7.01. The number of aromatic nitrogens is 3. The van der Waals surface area contributed by atoms with Crippen LogP contribution >= 0.6 is 11.6 Å². The highest BCUT2D eigenvalue weighted by Crippen LogP contribution is 2.31. The van der Waals surface area contributed by atoms with Crippen LogP contribution in [0.5, 0.6) is 5.75 Å². The summed E-state index contributed by atoms with van der Waals surface area (Å²) in [5.41, 5.74) is 3.92. The molecule has 4 heterocycles. The summed E-state index contributed by atoms with van der Waals surface area (Å²) < 4.78 is 1.67. The van der Waals surface area contributed by atoms with Crippen LogP contribution in [0.15, 0.2) is 60.8 Å². The smallest absolute Gasteiger partial charge is 0.324 e. The van der Waals surface area contributed by atoms with E-state index in [4.69, 9.17) is 11.6 Å². The molecule has 190 valence electrons. The minimum atomic E-state index is 0.0737. The Bertz CT molecular complexity index is 1430. The van der Waals surface area contributed by atoms with E-state index >= 15 is 0 Å². The number of rotatable bonds is 7. The highest BCUT2D eigenvalue weighted by molar-refractivity contribution is 6.33. The molecule has 2 fully saturated rings. The molecule has 0 saturated carbocycles. The zero-order chi connectivity index (χ0) is 25.4. The third-order valence-corrected chi connectivity index (χ3v) is 7.34. The summed E-state index contributed by atoms with van der Waals surface area (Å²) in [6, 6.07) is 16.4. The van der Waals surface area contributed by atoms with Gasteiger partial charge in [0.25, 0.3) is 0 Å². The van der Waals surface area contributed by atoms with Gasteiger partial charge in [0.15, 0.2) is 5.65 Å². The second-order valence-electron chi connectivity index (χ2n) is 9.46. The molecule has 4 aromatic rings. The Morgan fingerprint density at radius 3 is 2.57 bits per heavy atom. The summed E-state index contributed by atoms with van der Waals surface area (Å²) in [7, 11) is 0. The van der Waals surface area contributed by atoms with Crippen LogP contribution in [0, 0.1) is 0 Å². The molecule has 2 amide bonds. The lowest BCUT2D eigenvalue weighted by Crippen LogP contribution is -2.37. The second-order valence-corrected chi connectivity index (χ2v) is 9.87. The summed E-state index contributed by atoms with van der Waals surface area (Å²) in [4.78, 5) is 23.7. The van der Waals surface area contributed by atoms with E-state index in [1.807, 2.05) is 52.4 Å². The average Bonchev–Trinajstić information content (AvgIpc) is 3.64. The van der Waals surface area contributed by atoms with Gasteiger partial charge in [-0.05, 0) is 80.5 Å². The number of urea groups is 1. The lowest BCUT2D eigenvalue weighted by Gasteiger charge is -2.22. The average molecular weight is 518 g/mol. The van der Waals surface area contributed by atoms with Gasteiger partial charge in [-0.1, -0.05) is 11.6 Å². The van der Waals surface area contributed by atoms with E-state index in [1.54, 1.807) is 22.7 Å². The van der Waals surface area contributed by atoms with Crippen molar-refractivity contribution in [3.8, 4) is 16.9 Å². The van der Waals surface area contributed by atoms with Crippen LogP contribution in [0.4, 0.5) is 22.1 Å². The van der Waals surface area contributed by atoms with Gasteiger partial charge in [-0.15, -0.1) is 5.10 Å². The number of phenolic OH excluding ortho intramolecular Hbond substituents is 1. The van der Waals surface area contributed by atoms with Crippen molar-refractivity contribution in [1.29, 1.82) is 0 Å². The van der Waals surface area contributed by atoms with E-state index in [0.717, 1.165) is 55.2 Å². The van der Waals surface area contributed by atoms with Crippen molar-refractivity contribution < 1.29 is 9.90 Å². The van der Waals surface area contributed by atoms with Gasteiger partial charge in [-0.25, -0.2) is 9.31 Å². The number of fused-ring (bicyclic) bond motifs is 1. The summed E-state index contributed by atoms with van der Waals surface area (Å²) in [5, 5.41) is 18.1. The van der Waals surface area contributed by atoms with Gasteiger partial charge in [-0.2, -0.15) is 4.98 Å². The van der Waals surface area contributed by atoms with Gasteiger partial charge in [-0.3, -0.25) is 4.90 Å². The number of hydrogen-bond acceptors (Lipinski definition) is 6. The minimum Gasteiger partial charge on any atom is -0.508 e. The molecule has 9 nitrogen and oxygen atoms in total. The zero-order valence-electron chi connectivity index (χ0n) is 20.3. The van der Waals surface area contributed by atoms with Crippen molar-refractivity contribution in [2.45, 2.75) is 12.8 Å².